The van der Waals surface area contributed by atoms with Gasteiger partial charge in [-0.1, -0.05) is 0 Å². The predicted octanol–water partition coefficient (Wildman–Crippen LogP) is 2.63. The molecule has 0 spiro atoms. The van der Waals surface area contributed by atoms with Gasteiger partial charge in [-0.3, -0.25) is 0 Å². The molecular formula is C13H17N3O. The number of rotatable bonds is 4. The van der Waals surface area contributed by atoms with Gasteiger partial charge in [0, 0.05) is 30.4 Å². The highest BCUT2D eigenvalue weighted by molar-refractivity contribution is 5.70. The number of phenolic OH excluding ortho intramolecular Hbond substituents is 1. The van der Waals surface area contributed by atoms with Crippen LogP contribution in [0, 0.1) is 0 Å². The summed E-state index contributed by atoms with van der Waals surface area (Å²) in [5.74, 6) is 0.277. The van der Waals surface area contributed by atoms with Gasteiger partial charge in [0.15, 0.2) is 0 Å². The molecule has 0 saturated carbocycles. The summed E-state index contributed by atoms with van der Waals surface area (Å²) < 4.78 is 0. The lowest BCUT2D eigenvalue weighted by molar-refractivity contribution is 0.477. The normalized spacial score (nSPS) is 10.5. The third-order valence-corrected chi connectivity index (χ3v) is 2.90. The highest BCUT2D eigenvalue weighted by Gasteiger charge is 2.08. The zero-order valence-electron chi connectivity index (χ0n) is 10.1. The van der Waals surface area contributed by atoms with Crippen molar-refractivity contribution in [3.05, 3.63) is 30.7 Å². The summed E-state index contributed by atoms with van der Waals surface area (Å²) in [5.41, 5.74) is 2.64. The van der Waals surface area contributed by atoms with Crippen molar-refractivity contribution in [2.75, 3.05) is 18.0 Å². The SMILES string of the molecule is CCN(CC)c1ccc(-c2cnc[nH]2)c(O)c1. The number of aromatic hydroxyl groups is 1. The number of hydrogen-bond acceptors (Lipinski definition) is 3. The Morgan fingerprint density at radius 1 is 1.29 bits per heavy atom. The van der Waals surface area contributed by atoms with Gasteiger partial charge in [0.25, 0.3) is 0 Å². The second-order valence-corrected chi connectivity index (χ2v) is 3.84. The maximum atomic E-state index is 10.0. The monoisotopic (exact) mass is 231 g/mol. The number of phenols is 1. The van der Waals surface area contributed by atoms with E-state index in [0.29, 0.717) is 0 Å². The molecule has 1 aromatic heterocycles. The fourth-order valence-corrected chi connectivity index (χ4v) is 1.94. The standard InChI is InChI=1S/C13H17N3O/c1-3-16(4-2)10-5-6-11(13(17)7-10)12-8-14-9-15-12/h5-9,17H,3-4H2,1-2H3,(H,14,15). The minimum absolute atomic E-state index is 0.277. The fourth-order valence-electron chi connectivity index (χ4n) is 1.94. The number of nitrogens with one attached hydrogen (secondary N) is 1. The Morgan fingerprint density at radius 2 is 2.06 bits per heavy atom. The molecule has 4 nitrogen and oxygen atoms in total. The third-order valence-electron chi connectivity index (χ3n) is 2.90. The van der Waals surface area contributed by atoms with Crippen molar-refractivity contribution in [2.24, 2.45) is 0 Å². The molecule has 17 heavy (non-hydrogen) atoms. The van der Waals surface area contributed by atoms with Crippen LogP contribution in [0.25, 0.3) is 11.3 Å². The zero-order chi connectivity index (χ0) is 12.3. The van der Waals surface area contributed by atoms with Crippen molar-refractivity contribution < 1.29 is 5.11 Å². The van der Waals surface area contributed by atoms with Gasteiger partial charge in [-0.15, -0.1) is 0 Å². The van der Waals surface area contributed by atoms with Crippen LogP contribution >= 0.6 is 0 Å². The Kier molecular flexibility index (Phi) is 3.32. The van der Waals surface area contributed by atoms with E-state index in [0.717, 1.165) is 30.0 Å². The van der Waals surface area contributed by atoms with E-state index in [1.165, 1.54) is 0 Å². The summed E-state index contributed by atoms with van der Waals surface area (Å²) >= 11 is 0. The Hall–Kier alpha value is -1.97. The fraction of sp³-hybridized carbons (Fsp3) is 0.308. The van der Waals surface area contributed by atoms with Crippen LogP contribution in [-0.4, -0.2) is 28.2 Å². The van der Waals surface area contributed by atoms with E-state index in [1.807, 2.05) is 12.1 Å². The van der Waals surface area contributed by atoms with E-state index in [4.69, 9.17) is 0 Å². The largest absolute Gasteiger partial charge is 0.507 e. The van der Waals surface area contributed by atoms with Crippen LogP contribution < -0.4 is 4.90 Å². The van der Waals surface area contributed by atoms with Gasteiger partial charge in [0.05, 0.1) is 18.2 Å². The van der Waals surface area contributed by atoms with Crippen LogP contribution in [0.3, 0.4) is 0 Å². The minimum Gasteiger partial charge on any atom is -0.507 e. The molecule has 0 amide bonds. The van der Waals surface area contributed by atoms with Crippen molar-refractivity contribution in [2.45, 2.75) is 13.8 Å². The first-order valence-corrected chi connectivity index (χ1v) is 5.83. The second-order valence-electron chi connectivity index (χ2n) is 3.84. The lowest BCUT2D eigenvalue weighted by Crippen LogP contribution is -2.21. The molecule has 2 rings (SSSR count). The molecule has 0 bridgehead atoms. The first kappa shape index (κ1) is 11.5. The number of benzene rings is 1. The number of aromatic nitrogens is 2. The van der Waals surface area contributed by atoms with Crippen LogP contribution in [-0.2, 0) is 0 Å². The summed E-state index contributed by atoms with van der Waals surface area (Å²) in [7, 11) is 0. The third kappa shape index (κ3) is 2.25. The van der Waals surface area contributed by atoms with Crippen LogP contribution in [0.2, 0.25) is 0 Å². The van der Waals surface area contributed by atoms with Crippen molar-refractivity contribution in [3.63, 3.8) is 0 Å². The molecule has 0 radical (unpaired) electrons. The molecule has 0 saturated heterocycles. The van der Waals surface area contributed by atoms with E-state index >= 15 is 0 Å². The lowest BCUT2D eigenvalue weighted by Gasteiger charge is -2.21. The molecule has 4 heteroatoms. The minimum atomic E-state index is 0.277. The maximum Gasteiger partial charge on any atom is 0.127 e. The van der Waals surface area contributed by atoms with Gasteiger partial charge < -0.3 is 15.0 Å². The highest BCUT2D eigenvalue weighted by Crippen LogP contribution is 2.31. The molecule has 2 N–H and O–H groups in total. The van der Waals surface area contributed by atoms with Crippen LogP contribution in [0.1, 0.15) is 13.8 Å². The van der Waals surface area contributed by atoms with Gasteiger partial charge in [-0.2, -0.15) is 0 Å². The average Bonchev–Trinajstić information content (AvgIpc) is 2.84. The molecule has 1 aromatic carbocycles. The first-order chi connectivity index (χ1) is 8.26. The Balaban J connectivity index is 2.35. The quantitative estimate of drug-likeness (QED) is 0.850. The van der Waals surface area contributed by atoms with E-state index in [9.17, 15) is 5.11 Å². The molecule has 2 aromatic rings. The molecule has 0 unspecified atom stereocenters. The number of aromatic amines is 1. The molecule has 0 aliphatic rings. The summed E-state index contributed by atoms with van der Waals surface area (Å²) in [6, 6.07) is 5.72. The number of nitrogens with zero attached hydrogens (tertiary/aromatic N) is 2. The summed E-state index contributed by atoms with van der Waals surface area (Å²) in [6.07, 6.45) is 3.30. The molecule has 0 aliphatic heterocycles. The topological polar surface area (TPSA) is 52.2 Å². The lowest BCUT2D eigenvalue weighted by atomic mass is 10.1. The van der Waals surface area contributed by atoms with E-state index < -0.39 is 0 Å². The van der Waals surface area contributed by atoms with Crippen molar-refractivity contribution >= 4 is 5.69 Å². The van der Waals surface area contributed by atoms with Crippen molar-refractivity contribution in [1.29, 1.82) is 0 Å². The molecule has 0 atom stereocenters. The zero-order valence-corrected chi connectivity index (χ0v) is 10.1. The summed E-state index contributed by atoms with van der Waals surface area (Å²) in [5, 5.41) is 10.0. The number of hydrogen-bond donors (Lipinski definition) is 2. The van der Waals surface area contributed by atoms with Gasteiger partial charge in [-0.25, -0.2) is 4.98 Å². The molecule has 1 heterocycles. The second kappa shape index (κ2) is 4.91. The van der Waals surface area contributed by atoms with Crippen molar-refractivity contribution in [3.8, 4) is 17.0 Å². The first-order valence-electron chi connectivity index (χ1n) is 5.83. The van der Waals surface area contributed by atoms with Crippen molar-refractivity contribution in [1.82, 2.24) is 9.97 Å². The van der Waals surface area contributed by atoms with Gasteiger partial charge in [-0.05, 0) is 26.0 Å². The number of imidazole rings is 1. The Labute approximate surface area is 101 Å². The highest BCUT2D eigenvalue weighted by atomic mass is 16.3. The smallest absolute Gasteiger partial charge is 0.127 e. The summed E-state index contributed by atoms with van der Waals surface area (Å²) in [6.45, 7) is 6.06. The van der Waals surface area contributed by atoms with Crippen LogP contribution in [0.15, 0.2) is 30.7 Å². The molecule has 90 valence electrons. The van der Waals surface area contributed by atoms with E-state index in [1.54, 1.807) is 18.6 Å². The van der Waals surface area contributed by atoms with Crippen LogP contribution in [0.4, 0.5) is 5.69 Å². The maximum absolute atomic E-state index is 10.0. The predicted molar refractivity (Wildman–Crippen MR) is 69.2 cm³/mol. The van der Waals surface area contributed by atoms with E-state index in [-0.39, 0.29) is 5.75 Å². The Morgan fingerprint density at radius 3 is 2.59 bits per heavy atom. The Bertz CT molecular complexity index is 475. The average molecular weight is 231 g/mol. The van der Waals surface area contributed by atoms with Gasteiger partial charge >= 0.3 is 0 Å². The van der Waals surface area contributed by atoms with Gasteiger partial charge in [0.2, 0.25) is 0 Å². The van der Waals surface area contributed by atoms with E-state index in [2.05, 4.69) is 28.7 Å². The molecule has 0 aliphatic carbocycles. The van der Waals surface area contributed by atoms with Gasteiger partial charge in [0.1, 0.15) is 5.75 Å². The van der Waals surface area contributed by atoms with Crippen LogP contribution in [0.5, 0.6) is 5.75 Å². The molecular weight excluding hydrogens is 214 g/mol. The summed E-state index contributed by atoms with van der Waals surface area (Å²) in [4.78, 5) is 9.13. The number of anilines is 1. The number of H-pyrrole nitrogens is 1. The molecule has 0 fully saturated rings.